The lowest BCUT2D eigenvalue weighted by atomic mass is 10.3. The van der Waals surface area contributed by atoms with Gasteiger partial charge in [-0.25, -0.2) is 5.84 Å². The molecular weight excluding hydrogens is 208 g/mol. The van der Waals surface area contributed by atoms with E-state index in [0.717, 1.165) is 39.0 Å². The minimum absolute atomic E-state index is 0.633. The molecule has 0 aliphatic carbocycles. The molecule has 0 bridgehead atoms. The van der Waals surface area contributed by atoms with E-state index in [2.05, 4.69) is 15.7 Å². The minimum Gasteiger partial charge on any atom is -0.385 e. The Bertz CT molecular complexity index is 176. The predicted molar refractivity (Wildman–Crippen MR) is 65.2 cm³/mol. The fourth-order valence-corrected chi connectivity index (χ4v) is 1.13. The number of hydrogen-bond acceptors (Lipinski definition) is 4. The van der Waals surface area contributed by atoms with E-state index in [9.17, 15) is 0 Å². The highest BCUT2D eigenvalue weighted by atomic mass is 16.5. The third-order valence-corrected chi connectivity index (χ3v) is 1.98. The number of nitrogens with one attached hydrogen (secondary N) is 2. The van der Waals surface area contributed by atoms with Gasteiger partial charge in [-0.05, 0) is 19.3 Å². The maximum absolute atomic E-state index is 5.33. The molecule has 0 fully saturated rings. The first kappa shape index (κ1) is 15.2. The molecule has 0 saturated heterocycles. The van der Waals surface area contributed by atoms with Gasteiger partial charge in [0.05, 0.1) is 0 Å². The smallest absolute Gasteiger partial charge is 0.205 e. The van der Waals surface area contributed by atoms with Crippen molar-refractivity contribution in [3.05, 3.63) is 0 Å². The van der Waals surface area contributed by atoms with Crippen molar-refractivity contribution in [3.8, 4) is 0 Å². The van der Waals surface area contributed by atoms with Crippen LogP contribution in [0.1, 0.15) is 19.3 Å². The van der Waals surface area contributed by atoms with Crippen LogP contribution in [0.3, 0.4) is 0 Å². The largest absolute Gasteiger partial charge is 0.385 e. The van der Waals surface area contributed by atoms with Crippen LogP contribution in [0.2, 0.25) is 0 Å². The van der Waals surface area contributed by atoms with Crippen LogP contribution < -0.4 is 16.6 Å². The van der Waals surface area contributed by atoms with E-state index in [-0.39, 0.29) is 0 Å². The number of ether oxygens (including phenoxy) is 2. The molecule has 16 heavy (non-hydrogen) atoms. The molecule has 0 spiro atoms. The van der Waals surface area contributed by atoms with Gasteiger partial charge in [-0.3, -0.25) is 10.4 Å². The third kappa shape index (κ3) is 9.70. The topological polar surface area (TPSA) is 80.9 Å². The van der Waals surface area contributed by atoms with E-state index in [4.69, 9.17) is 15.3 Å². The molecule has 4 N–H and O–H groups in total. The van der Waals surface area contributed by atoms with Crippen LogP contribution in [0.5, 0.6) is 0 Å². The van der Waals surface area contributed by atoms with Crippen molar-refractivity contribution in [3.63, 3.8) is 0 Å². The average molecular weight is 232 g/mol. The van der Waals surface area contributed by atoms with Crippen molar-refractivity contribution in [2.75, 3.05) is 40.5 Å². The van der Waals surface area contributed by atoms with Crippen molar-refractivity contribution >= 4 is 5.96 Å². The van der Waals surface area contributed by atoms with Crippen LogP contribution in [-0.2, 0) is 9.47 Å². The van der Waals surface area contributed by atoms with Gasteiger partial charge in [-0.1, -0.05) is 0 Å². The number of nitrogens with zero attached hydrogens (tertiary/aromatic N) is 1. The van der Waals surface area contributed by atoms with Crippen LogP contribution in [-0.4, -0.2) is 46.5 Å². The Kier molecular flexibility index (Phi) is 11.6. The van der Waals surface area contributed by atoms with Crippen molar-refractivity contribution < 1.29 is 9.47 Å². The Morgan fingerprint density at radius 2 is 1.81 bits per heavy atom. The Morgan fingerprint density at radius 3 is 2.44 bits per heavy atom. The number of hydrogen-bond donors (Lipinski definition) is 3. The normalized spacial score (nSPS) is 11.6. The summed E-state index contributed by atoms with van der Waals surface area (Å²) in [5.41, 5.74) is 2.54. The monoisotopic (exact) mass is 232 g/mol. The van der Waals surface area contributed by atoms with Gasteiger partial charge in [-0.2, -0.15) is 0 Å². The van der Waals surface area contributed by atoms with Gasteiger partial charge in [0, 0.05) is 40.5 Å². The van der Waals surface area contributed by atoms with Gasteiger partial charge in [0.2, 0.25) is 5.96 Å². The van der Waals surface area contributed by atoms with E-state index in [1.165, 1.54) is 0 Å². The summed E-state index contributed by atoms with van der Waals surface area (Å²) in [5.74, 6) is 5.96. The number of rotatable bonds is 9. The molecule has 96 valence electrons. The van der Waals surface area contributed by atoms with Crippen molar-refractivity contribution in [1.29, 1.82) is 0 Å². The first-order valence-corrected chi connectivity index (χ1v) is 5.58. The minimum atomic E-state index is 0.633. The summed E-state index contributed by atoms with van der Waals surface area (Å²) in [5, 5.41) is 3.12. The Morgan fingerprint density at radius 1 is 1.12 bits per heavy atom. The summed E-state index contributed by atoms with van der Waals surface area (Å²) in [4.78, 5) is 4.26. The zero-order chi connectivity index (χ0) is 12.1. The summed E-state index contributed by atoms with van der Waals surface area (Å²) in [6.07, 6.45) is 2.96. The highest BCUT2D eigenvalue weighted by Gasteiger charge is 1.94. The standard InChI is InChI=1S/C10H24N4O2/c1-15-8-4-3-6-12-10(14-11)13-7-5-9-16-2/h3-9,11H2,1-2H3,(H2,12,13,14). The first-order valence-electron chi connectivity index (χ1n) is 5.58. The SMILES string of the molecule is COCCCCNC(=NCCCOC)NN. The summed E-state index contributed by atoms with van der Waals surface area (Å²) in [6, 6.07) is 0. The molecule has 0 heterocycles. The Labute approximate surface area is 97.6 Å². The summed E-state index contributed by atoms with van der Waals surface area (Å²) in [6.45, 7) is 3.06. The molecule has 0 aromatic rings. The van der Waals surface area contributed by atoms with Crippen LogP contribution in [0.4, 0.5) is 0 Å². The van der Waals surface area contributed by atoms with Crippen molar-refractivity contribution in [2.45, 2.75) is 19.3 Å². The number of aliphatic imine (C=N–C) groups is 1. The molecule has 0 radical (unpaired) electrons. The van der Waals surface area contributed by atoms with Gasteiger partial charge in [-0.15, -0.1) is 0 Å². The van der Waals surface area contributed by atoms with Gasteiger partial charge in [0.25, 0.3) is 0 Å². The van der Waals surface area contributed by atoms with Gasteiger partial charge in [0.15, 0.2) is 0 Å². The highest BCUT2D eigenvalue weighted by molar-refractivity contribution is 5.79. The second kappa shape index (κ2) is 12.2. The van der Waals surface area contributed by atoms with Gasteiger partial charge in [0.1, 0.15) is 0 Å². The van der Waals surface area contributed by atoms with E-state index in [1.807, 2.05) is 0 Å². The Hall–Kier alpha value is -0.850. The van der Waals surface area contributed by atoms with Crippen LogP contribution in [0, 0.1) is 0 Å². The van der Waals surface area contributed by atoms with E-state index in [0.29, 0.717) is 12.5 Å². The third-order valence-electron chi connectivity index (χ3n) is 1.98. The van der Waals surface area contributed by atoms with Crippen molar-refractivity contribution in [1.82, 2.24) is 10.7 Å². The molecule has 0 atom stereocenters. The number of methoxy groups -OCH3 is 2. The number of unbranched alkanes of at least 4 members (excludes halogenated alkanes) is 1. The summed E-state index contributed by atoms with van der Waals surface area (Å²) in [7, 11) is 3.39. The lowest BCUT2D eigenvalue weighted by molar-refractivity contribution is 0.193. The average Bonchev–Trinajstić information content (AvgIpc) is 2.31. The Balaban J connectivity index is 3.49. The number of guanidine groups is 1. The van der Waals surface area contributed by atoms with E-state index >= 15 is 0 Å². The lowest BCUT2D eigenvalue weighted by Gasteiger charge is -2.08. The lowest BCUT2D eigenvalue weighted by Crippen LogP contribution is -2.42. The predicted octanol–water partition coefficient (Wildman–Crippen LogP) is -0.142. The van der Waals surface area contributed by atoms with E-state index < -0.39 is 0 Å². The first-order chi connectivity index (χ1) is 7.85. The quantitative estimate of drug-likeness (QED) is 0.169. The molecule has 0 aliphatic heterocycles. The zero-order valence-electron chi connectivity index (χ0n) is 10.3. The number of nitrogens with two attached hydrogens (primary N) is 1. The number of hydrazine groups is 1. The molecular formula is C10H24N4O2. The van der Waals surface area contributed by atoms with Crippen molar-refractivity contribution in [2.24, 2.45) is 10.8 Å². The van der Waals surface area contributed by atoms with Crippen LogP contribution in [0.15, 0.2) is 4.99 Å². The van der Waals surface area contributed by atoms with Crippen LogP contribution >= 0.6 is 0 Å². The maximum atomic E-state index is 5.33. The fraction of sp³-hybridized carbons (Fsp3) is 0.900. The molecule has 0 amide bonds. The molecule has 0 unspecified atom stereocenters. The molecule has 6 heteroatoms. The molecule has 0 saturated carbocycles. The fourth-order valence-electron chi connectivity index (χ4n) is 1.13. The highest BCUT2D eigenvalue weighted by Crippen LogP contribution is 1.87. The molecule has 6 nitrogen and oxygen atoms in total. The molecule has 0 aromatic carbocycles. The summed E-state index contributed by atoms with van der Waals surface area (Å²) >= 11 is 0. The molecule has 0 aliphatic rings. The van der Waals surface area contributed by atoms with Gasteiger partial charge >= 0.3 is 0 Å². The van der Waals surface area contributed by atoms with E-state index in [1.54, 1.807) is 14.2 Å². The molecule has 0 aromatic heterocycles. The second-order valence-corrected chi connectivity index (χ2v) is 3.35. The second-order valence-electron chi connectivity index (χ2n) is 3.35. The summed E-state index contributed by atoms with van der Waals surface area (Å²) < 4.78 is 9.88. The zero-order valence-corrected chi connectivity index (χ0v) is 10.3. The maximum Gasteiger partial charge on any atom is 0.205 e. The molecule has 0 rings (SSSR count). The van der Waals surface area contributed by atoms with Crippen LogP contribution in [0.25, 0.3) is 0 Å². The van der Waals surface area contributed by atoms with Gasteiger partial charge < -0.3 is 14.8 Å².